The molecular weight excluding hydrogens is 340 g/mol. The maximum absolute atomic E-state index is 13.2. The molecule has 0 saturated carbocycles. The molecule has 0 fully saturated rings. The van der Waals surface area contributed by atoms with Gasteiger partial charge in [0.15, 0.2) is 11.2 Å². The molecular formula is C22H24N2O3. The molecule has 0 spiro atoms. The molecule has 0 unspecified atom stereocenters. The lowest BCUT2D eigenvalue weighted by Crippen LogP contribution is -2.42. The van der Waals surface area contributed by atoms with E-state index in [-0.39, 0.29) is 23.1 Å². The van der Waals surface area contributed by atoms with Crippen molar-refractivity contribution in [2.45, 2.75) is 46.7 Å². The van der Waals surface area contributed by atoms with Crippen LogP contribution in [0.4, 0.5) is 0 Å². The molecule has 1 atom stereocenters. The summed E-state index contributed by atoms with van der Waals surface area (Å²) in [5.74, 6) is -0.102. The van der Waals surface area contributed by atoms with Gasteiger partial charge >= 0.3 is 0 Å². The first-order valence-corrected chi connectivity index (χ1v) is 9.42. The van der Waals surface area contributed by atoms with Crippen molar-refractivity contribution >= 4 is 16.9 Å². The summed E-state index contributed by atoms with van der Waals surface area (Å²) >= 11 is 0. The van der Waals surface area contributed by atoms with Crippen LogP contribution in [0.3, 0.4) is 0 Å². The Kier molecular flexibility index (Phi) is 4.17. The highest BCUT2D eigenvalue weighted by Crippen LogP contribution is 2.31. The fraction of sp³-hybridized carbons (Fsp3) is 0.364. The predicted octanol–water partition coefficient (Wildman–Crippen LogP) is 4.13. The molecule has 3 heterocycles. The second-order valence-corrected chi connectivity index (χ2v) is 7.38. The number of nitrogens with zero attached hydrogens (tertiary/aromatic N) is 2. The maximum atomic E-state index is 13.2. The third kappa shape index (κ3) is 2.78. The van der Waals surface area contributed by atoms with Crippen LogP contribution in [0.1, 0.15) is 52.5 Å². The number of amides is 1. The molecule has 2 aromatic heterocycles. The molecule has 140 valence electrons. The predicted molar refractivity (Wildman–Crippen MR) is 105 cm³/mol. The first-order chi connectivity index (χ1) is 12.9. The Morgan fingerprint density at radius 1 is 1.11 bits per heavy atom. The van der Waals surface area contributed by atoms with Gasteiger partial charge in [0.25, 0.3) is 5.91 Å². The van der Waals surface area contributed by atoms with E-state index >= 15 is 0 Å². The van der Waals surface area contributed by atoms with Crippen molar-refractivity contribution < 1.29 is 9.21 Å². The Hall–Kier alpha value is -2.82. The van der Waals surface area contributed by atoms with Gasteiger partial charge in [-0.2, -0.15) is 0 Å². The molecule has 0 saturated heterocycles. The van der Waals surface area contributed by atoms with Crippen molar-refractivity contribution in [2.75, 3.05) is 6.54 Å². The third-order valence-electron chi connectivity index (χ3n) is 5.72. The molecule has 1 aliphatic rings. The normalized spacial score (nSPS) is 16.6. The van der Waals surface area contributed by atoms with E-state index in [2.05, 4.69) is 30.5 Å². The number of carbonyl (C=O) groups excluding carboxylic acids is 1. The van der Waals surface area contributed by atoms with Crippen LogP contribution in [0.15, 0.2) is 39.5 Å². The molecule has 1 aromatic carbocycles. The summed E-state index contributed by atoms with van der Waals surface area (Å²) < 4.78 is 8.15. The van der Waals surface area contributed by atoms with Crippen molar-refractivity contribution in [3.05, 3.63) is 68.8 Å². The summed E-state index contributed by atoms with van der Waals surface area (Å²) in [5.41, 5.74) is 4.72. The van der Waals surface area contributed by atoms with Crippen molar-refractivity contribution in [1.82, 2.24) is 9.47 Å². The SMILES string of the molecule is CC[C@H]1c2ccc(C)n2CCN1C(=O)c1cc(=O)c2cc(C)c(C)cc2o1. The van der Waals surface area contributed by atoms with Gasteiger partial charge in [0.1, 0.15) is 5.58 Å². The zero-order valence-corrected chi connectivity index (χ0v) is 16.2. The van der Waals surface area contributed by atoms with E-state index in [0.717, 1.165) is 29.8 Å². The Morgan fingerprint density at radius 2 is 1.85 bits per heavy atom. The van der Waals surface area contributed by atoms with E-state index in [0.29, 0.717) is 17.5 Å². The standard InChI is InChI=1S/C22H24N2O3/c1-5-17-18-7-6-15(4)23(18)8-9-24(17)22(26)21-12-19(25)16-10-13(2)14(3)11-20(16)27-21/h6-7,10-12,17H,5,8-9H2,1-4H3/t17-/m0/s1. The van der Waals surface area contributed by atoms with E-state index in [4.69, 9.17) is 4.42 Å². The first kappa shape index (κ1) is 17.6. The molecule has 27 heavy (non-hydrogen) atoms. The van der Waals surface area contributed by atoms with E-state index in [9.17, 15) is 9.59 Å². The molecule has 4 rings (SSSR count). The summed E-state index contributed by atoms with van der Waals surface area (Å²) in [6.45, 7) is 9.45. The smallest absolute Gasteiger partial charge is 0.290 e. The van der Waals surface area contributed by atoms with E-state index < -0.39 is 0 Å². The lowest BCUT2D eigenvalue weighted by Gasteiger charge is -2.36. The largest absolute Gasteiger partial charge is 0.451 e. The highest BCUT2D eigenvalue weighted by molar-refractivity contribution is 5.93. The van der Waals surface area contributed by atoms with Gasteiger partial charge in [0, 0.05) is 30.5 Å². The van der Waals surface area contributed by atoms with Crippen LogP contribution in [0.2, 0.25) is 0 Å². The van der Waals surface area contributed by atoms with Crippen LogP contribution in [0.5, 0.6) is 0 Å². The Balaban J connectivity index is 1.76. The van der Waals surface area contributed by atoms with Crippen molar-refractivity contribution in [3.8, 4) is 0 Å². The van der Waals surface area contributed by atoms with E-state index in [1.807, 2.05) is 30.9 Å². The number of rotatable bonds is 2. The summed E-state index contributed by atoms with van der Waals surface area (Å²) in [4.78, 5) is 27.6. The summed E-state index contributed by atoms with van der Waals surface area (Å²) in [7, 11) is 0. The van der Waals surface area contributed by atoms with Crippen LogP contribution in [-0.4, -0.2) is 21.9 Å². The zero-order valence-electron chi connectivity index (χ0n) is 16.2. The van der Waals surface area contributed by atoms with Gasteiger partial charge in [0.05, 0.1) is 11.4 Å². The number of fused-ring (bicyclic) bond motifs is 2. The van der Waals surface area contributed by atoms with Gasteiger partial charge in [-0.05, 0) is 62.6 Å². The van der Waals surface area contributed by atoms with Crippen LogP contribution in [0.25, 0.3) is 11.0 Å². The van der Waals surface area contributed by atoms with Crippen LogP contribution >= 0.6 is 0 Å². The highest BCUT2D eigenvalue weighted by Gasteiger charge is 2.32. The zero-order chi connectivity index (χ0) is 19.3. The molecule has 0 bridgehead atoms. The van der Waals surface area contributed by atoms with Crippen LogP contribution in [0, 0.1) is 20.8 Å². The minimum absolute atomic E-state index is 0.0132. The number of aromatic nitrogens is 1. The summed E-state index contributed by atoms with van der Waals surface area (Å²) in [6, 6.07) is 9.17. The van der Waals surface area contributed by atoms with Gasteiger partial charge in [-0.15, -0.1) is 0 Å². The van der Waals surface area contributed by atoms with E-state index in [1.54, 1.807) is 0 Å². The van der Waals surface area contributed by atoms with Gasteiger partial charge in [-0.1, -0.05) is 6.92 Å². The molecule has 0 N–H and O–H groups in total. The molecule has 1 amide bonds. The molecule has 5 heteroatoms. The fourth-order valence-corrected chi connectivity index (χ4v) is 4.04. The van der Waals surface area contributed by atoms with Gasteiger partial charge < -0.3 is 13.9 Å². The van der Waals surface area contributed by atoms with Crippen LogP contribution < -0.4 is 5.43 Å². The van der Waals surface area contributed by atoms with Gasteiger partial charge in [-0.3, -0.25) is 9.59 Å². The third-order valence-corrected chi connectivity index (χ3v) is 5.72. The number of aryl methyl sites for hydroxylation is 3. The van der Waals surface area contributed by atoms with E-state index in [1.165, 1.54) is 11.8 Å². The monoisotopic (exact) mass is 364 g/mol. The van der Waals surface area contributed by atoms with Crippen LogP contribution in [-0.2, 0) is 6.54 Å². The van der Waals surface area contributed by atoms with Crippen molar-refractivity contribution in [3.63, 3.8) is 0 Å². The van der Waals surface area contributed by atoms with Gasteiger partial charge in [-0.25, -0.2) is 0 Å². The average Bonchev–Trinajstić information content (AvgIpc) is 3.03. The Bertz CT molecular complexity index is 1110. The lowest BCUT2D eigenvalue weighted by molar-refractivity contribution is 0.0584. The average molecular weight is 364 g/mol. The van der Waals surface area contributed by atoms with Gasteiger partial charge in [0.2, 0.25) is 0 Å². The summed E-state index contributed by atoms with van der Waals surface area (Å²) in [6.07, 6.45) is 0.811. The Labute approximate surface area is 158 Å². The number of hydrogen-bond acceptors (Lipinski definition) is 3. The number of hydrogen-bond donors (Lipinski definition) is 0. The number of carbonyl (C=O) groups is 1. The second kappa shape index (κ2) is 6.41. The molecule has 3 aromatic rings. The first-order valence-electron chi connectivity index (χ1n) is 9.42. The summed E-state index contributed by atoms with van der Waals surface area (Å²) in [5, 5.41) is 0.518. The molecule has 5 nitrogen and oxygen atoms in total. The molecule has 1 aliphatic heterocycles. The Morgan fingerprint density at radius 3 is 2.59 bits per heavy atom. The minimum atomic E-state index is -0.218. The fourth-order valence-electron chi connectivity index (χ4n) is 4.04. The minimum Gasteiger partial charge on any atom is -0.451 e. The highest BCUT2D eigenvalue weighted by atomic mass is 16.3. The second-order valence-electron chi connectivity index (χ2n) is 7.38. The topological polar surface area (TPSA) is 55.5 Å². The van der Waals surface area contributed by atoms with Crippen molar-refractivity contribution in [2.24, 2.45) is 0 Å². The number of benzene rings is 1. The van der Waals surface area contributed by atoms with Crippen molar-refractivity contribution in [1.29, 1.82) is 0 Å². The molecule has 0 radical (unpaired) electrons. The quantitative estimate of drug-likeness (QED) is 0.687. The molecule has 0 aliphatic carbocycles. The lowest BCUT2D eigenvalue weighted by atomic mass is 10.1. The maximum Gasteiger partial charge on any atom is 0.290 e.